The van der Waals surface area contributed by atoms with Crippen LogP contribution in [-0.4, -0.2) is 81.6 Å². The number of fused-ring (bicyclic) bond motifs is 1. The number of ketones is 1. The van der Waals surface area contributed by atoms with Gasteiger partial charge in [-0.25, -0.2) is 14.4 Å². The molecule has 0 atom stereocenters. The molecule has 6 rings (SSSR count). The number of pyridine rings is 1. The molecule has 0 radical (unpaired) electrons. The number of rotatable bonds is 5. The zero-order valence-corrected chi connectivity index (χ0v) is 22.5. The number of H-pyrrole nitrogens is 1. The fourth-order valence-corrected chi connectivity index (χ4v) is 5.67. The molecule has 0 unspecified atom stereocenters. The van der Waals surface area contributed by atoms with Crippen LogP contribution in [0.2, 0.25) is 0 Å². The van der Waals surface area contributed by atoms with E-state index in [1.807, 2.05) is 25.2 Å². The fourth-order valence-electron chi connectivity index (χ4n) is 5.67. The highest BCUT2D eigenvalue weighted by molar-refractivity contribution is 6.45. The number of nitrogens with one attached hydrogen (secondary N) is 2. The van der Waals surface area contributed by atoms with Crippen LogP contribution in [0.3, 0.4) is 0 Å². The number of hydrogen-bond donors (Lipinski definition) is 2. The van der Waals surface area contributed by atoms with E-state index in [0.29, 0.717) is 43.6 Å². The number of Topliss-reactive ketones (excluding diaryl/α,β-unsaturated/α-hetero) is 1. The molecule has 2 fully saturated rings. The number of anilines is 1. The Balaban J connectivity index is 1.18. The summed E-state index contributed by atoms with van der Waals surface area (Å²) in [5, 5.41) is 3.36. The smallest absolute Gasteiger partial charge is 0.295 e. The number of hydrogen-bond acceptors (Lipinski definition) is 7. The van der Waals surface area contributed by atoms with Crippen molar-refractivity contribution in [3.05, 3.63) is 72.1 Å². The summed E-state index contributed by atoms with van der Waals surface area (Å²) in [6, 6.07) is 10.5. The molecule has 0 bridgehead atoms. The summed E-state index contributed by atoms with van der Waals surface area (Å²) in [7, 11) is 1.81. The molecule has 2 aromatic heterocycles. The van der Waals surface area contributed by atoms with Crippen LogP contribution in [0.4, 0.5) is 10.2 Å². The third kappa shape index (κ3) is 5.04. The third-order valence-electron chi connectivity index (χ3n) is 7.79. The summed E-state index contributed by atoms with van der Waals surface area (Å²) in [5.41, 5.74) is 4.42. The minimum atomic E-state index is -0.739. The van der Waals surface area contributed by atoms with Crippen LogP contribution in [0.5, 0.6) is 0 Å². The molecule has 3 aliphatic rings. The van der Waals surface area contributed by atoms with Crippen LogP contribution in [0.1, 0.15) is 48.0 Å². The van der Waals surface area contributed by atoms with Gasteiger partial charge < -0.3 is 14.8 Å². The van der Waals surface area contributed by atoms with Gasteiger partial charge in [-0.15, -0.1) is 5.53 Å². The van der Waals surface area contributed by atoms with Gasteiger partial charge in [0.2, 0.25) is 0 Å². The van der Waals surface area contributed by atoms with Crippen molar-refractivity contribution in [2.45, 2.75) is 38.1 Å². The van der Waals surface area contributed by atoms with E-state index >= 15 is 0 Å². The Labute approximate surface area is 232 Å². The van der Waals surface area contributed by atoms with E-state index in [1.165, 1.54) is 25.5 Å². The van der Waals surface area contributed by atoms with Gasteiger partial charge in [-0.3, -0.25) is 19.6 Å². The molecule has 10 nitrogen and oxygen atoms in total. The van der Waals surface area contributed by atoms with Crippen molar-refractivity contribution >= 4 is 34.2 Å². The maximum atomic E-state index is 14.9. The Morgan fingerprint density at radius 3 is 2.42 bits per heavy atom. The summed E-state index contributed by atoms with van der Waals surface area (Å²) in [4.78, 5) is 42.8. The maximum absolute atomic E-state index is 14.9. The van der Waals surface area contributed by atoms with Gasteiger partial charge in [-0.1, -0.05) is 49.6 Å². The topological polar surface area (TPSA) is 100 Å². The molecule has 2 N–H and O–H groups in total. The zero-order chi connectivity index (χ0) is 27.6. The summed E-state index contributed by atoms with van der Waals surface area (Å²) in [6.07, 6.45) is 11.8. The van der Waals surface area contributed by atoms with Gasteiger partial charge >= 0.3 is 0 Å². The van der Waals surface area contributed by atoms with E-state index in [2.05, 4.69) is 32.5 Å². The van der Waals surface area contributed by atoms with Crippen molar-refractivity contribution in [3.8, 4) is 0 Å². The minimum Gasteiger partial charge on any atom is -0.357 e. The number of aromatic amines is 1. The van der Waals surface area contributed by atoms with Crippen molar-refractivity contribution < 1.29 is 14.0 Å². The van der Waals surface area contributed by atoms with Crippen molar-refractivity contribution in [2.24, 2.45) is 4.99 Å². The van der Waals surface area contributed by atoms with Crippen molar-refractivity contribution in [3.63, 3.8) is 0 Å². The first-order valence-corrected chi connectivity index (χ1v) is 13.8. The van der Waals surface area contributed by atoms with Crippen LogP contribution in [-0.2, 0) is 4.79 Å². The lowest BCUT2D eigenvalue weighted by Crippen LogP contribution is -2.52. The number of amides is 1. The van der Waals surface area contributed by atoms with Crippen LogP contribution in [0.15, 0.2) is 60.1 Å². The molecule has 1 amide bonds. The number of hydrazine groups is 2. The first-order valence-electron chi connectivity index (χ1n) is 13.8. The molecule has 1 aromatic carbocycles. The Kier molecular flexibility index (Phi) is 7.21. The average Bonchev–Trinajstić information content (AvgIpc) is 3.64. The molecule has 11 heteroatoms. The number of amidine groups is 1. The second-order valence-electron chi connectivity index (χ2n) is 10.5. The largest absolute Gasteiger partial charge is 0.357 e. The van der Waals surface area contributed by atoms with E-state index < -0.39 is 17.5 Å². The average molecular weight is 545 g/mol. The first kappa shape index (κ1) is 26.0. The van der Waals surface area contributed by atoms with Crippen LogP contribution < -0.4 is 10.5 Å². The van der Waals surface area contributed by atoms with E-state index in [0.717, 1.165) is 30.4 Å². The molecule has 2 aliphatic heterocycles. The van der Waals surface area contributed by atoms with Gasteiger partial charge in [0.05, 0.1) is 28.7 Å². The zero-order valence-electron chi connectivity index (χ0n) is 22.5. The van der Waals surface area contributed by atoms with Gasteiger partial charge in [-0.2, -0.15) is 0 Å². The standard InChI is InChI=1S/C29H33FN8O2/c1-35-12-17-38(34-35)28-25-24(23(30)19-32-28)22(18-31-25)26(39)29(40)37-15-13-36(14-16-37)27(20-8-4-2-5-9-20)33-21-10-6-3-7-11-21/h2,4-5,8-9,12,17-19,21,31,34H,3,6-7,10-11,13-16H2,1H3/b33-27+. The molecular weight excluding hydrogens is 511 g/mol. The Morgan fingerprint density at radius 2 is 1.73 bits per heavy atom. The fraction of sp³-hybridized carbons (Fsp3) is 0.379. The molecule has 1 aliphatic carbocycles. The van der Waals surface area contributed by atoms with Crippen LogP contribution in [0.25, 0.3) is 10.9 Å². The van der Waals surface area contributed by atoms with Gasteiger partial charge in [-0.05, 0) is 12.8 Å². The van der Waals surface area contributed by atoms with E-state index in [9.17, 15) is 14.0 Å². The molecule has 208 valence electrons. The highest BCUT2D eigenvalue weighted by atomic mass is 19.1. The normalized spacial score (nSPS) is 18.7. The van der Waals surface area contributed by atoms with Gasteiger partial charge in [0.1, 0.15) is 5.84 Å². The van der Waals surface area contributed by atoms with Crippen LogP contribution >= 0.6 is 0 Å². The lowest BCUT2D eigenvalue weighted by Gasteiger charge is -2.37. The monoisotopic (exact) mass is 544 g/mol. The number of nitrogens with zero attached hydrogens (tertiary/aromatic N) is 6. The molecule has 40 heavy (non-hydrogen) atoms. The second kappa shape index (κ2) is 11.1. The Hall–Kier alpha value is -4.25. The Morgan fingerprint density at radius 1 is 1.00 bits per heavy atom. The minimum absolute atomic E-state index is 0.00365. The summed E-state index contributed by atoms with van der Waals surface area (Å²) in [6.45, 7) is 1.90. The van der Waals surface area contributed by atoms with Crippen molar-refractivity contribution in [1.29, 1.82) is 0 Å². The molecule has 3 aromatic rings. The van der Waals surface area contributed by atoms with Crippen molar-refractivity contribution in [1.82, 2.24) is 30.3 Å². The number of piperazine rings is 1. The van der Waals surface area contributed by atoms with E-state index in [-0.39, 0.29) is 10.9 Å². The van der Waals surface area contributed by atoms with Crippen molar-refractivity contribution in [2.75, 3.05) is 38.2 Å². The SMILES string of the molecule is CN1C=CN(c2ncc(F)c3c(C(=O)C(=O)N4CCN(/C(=N/C5CCCCC5)c5ccccc5)CC4)c[nH]c23)N1. The lowest BCUT2D eigenvalue weighted by atomic mass is 9.96. The predicted octanol–water partition coefficient (Wildman–Crippen LogP) is 3.45. The summed E-state index contributed by atoms with van der Waals surface area (Å²) < 4.78 is 14.9. The van der Waals surface area contributed by atoms with Gasteiger partial charge in [0, 0.05) is 57.4 Å². The molecule has 4 heterocycles. The molecular formula is C29H33FN8O2. The third-order valence-corrected chi connectivity index (χ3v) is 7.79. The lowest BCUT2D eigenvalue weighted by molar-refractivity contribution is -0.127. The number of halogens is 1. The molecule has 1 saturated heterocycles. The number of aliphatic imine (C=N–C) groups is 1. The van der Waals surface area contributed by atoms with Gasteiger partial charge in [0.25, 0.3) is 11.7 Å². The highest BCUT2D eigenvalue weighted by Crippen LogP contribution is 2.30. The van der Waals surface area contributed by atoms with E-state index in [4.69, 9.17) is 4.99 Å². The number of benzene rings is 1. The predicted molar refractivity (Wildman–Crippen MR) is 151 cm³/mol. The van der Waals surface area contributed by atoms with Crippen LogP contribution in [0, 0.1) is 5.82 Å². The number of aromatic nitrogens is 2. The van der Waals surface area contributed by atoms with E-state index in [1.54, 1.807) is 27.3 Å². The number of carbonyl (C=O) groups is 2. The summed E-state index contributed by atoms with van der Waals surface area (Å²) in [5.74, 6) is -0.689. The maximum Gasteiger partial charge on any atom is 0.295 e. The molecule has 1 saturated carbocycles. The van der Waals surface area contributed by atoms with Gasteiger partial charge in [0.15, 0.2) is 11.6 Å². The first-order chi connectivity index (χ1) is 19.5. The second-order valence-corrected chi connectivity index (χ2v) is 10.5. The molecule has 0 spiro atoms. The number of carbonyl (C=O) groups excluding carboxylic acids is 2. The highest BCUT2D eigenvalue weighted by Gasteiger charge is 2.31. The summed E-state index contributed by atoms with van der Waals surface area (Å²) >= 11 is 0. The quantitative estimate of drug-likeness (QED) is 0.220. The Bertz CT molecular complexity index is 1460.